The molecule has 7 heteroatoms. The molecule has 3 N–H and O–H groups in total. The minimum atomic E-state index is -0.557. The molecule has 3 unspecified atom stereocenters. The van der Waals surface area contributed by atoms with Crippen molar-refractivity contribution in [3.8, 4) is 0 Å². The molecule has 3 heterocycles. The van der Waals surface area contributed by atoms with Crippen LogP contribution in [0.5, 0.6) is 0 Å². The van der Waals surface area contributed by atoms with E-state index in [0.29, 0.717) is 30.5 Å². The number of hydrogen-bond donors (Lipinski definition) is 3. The van der Waals surface area contributed by atoms with Crippen LogP contribution in [-0.2, 0) is 22.7 Å². The first-order valence-electron chi connectivity index (χ1n) is 9.72. The average molecular weight is 370 g/mol. The average Bonchev–Trinajstić information content (AvgIpc) is 2.96. The molecule has 2 saturated heterocycles. The van der Waals surface area contributed by atoms with Crippen molar-refractivity contribution in [3.05, 3.63) is 34.9 Å². The molecule has 0 saturated carbocycles. The van der Waals surface area contributed by atoms with Gasteiger partial charge in [-0.15, -0.1) is 0 Å². The molecule has 1 aromatic carbocycles. The van der Waals surface area contributed by atoms with Crippen LogP contribution in [0.25, 0.3) is 0 Å². The number of carbonyl (C=O) groups is 3. The van der Waals surface area contributed by atoms with Crippen molar-refractivity contribution in [2.75, 3.05) is 13.1 Å². The Labute approximate surface area is 158 Å². The van der Waals surface area contributed by atoms with Gasteiger partial charge in [0.1, 0.15) is 6.04 Å². The van der Waals surface area contributed by atoms with E-state index in [9.17, 15) is 14.4 Å². The van der Waals surface area contributed by atoms with Crippen LogP contribution >= 0.6 is 0 Å². The third-order valence-electron chi connectivity index (χ3n) is 5.75. The fourth-order valence-corrected chi connectivity index (χ4v) is 4.31. The topological polar surface area (TPSA) is 90.5 Å². The molecular weight excluding hydrogens is 344 g/mol. The summed E-state index contributed by atoms with van der Waals surface area (Å²) in [4.78, 5) is 37.8. The van der Waals surface area contributed by atoms with Gasteiger partial charge in [0.2, 0.25) is 11.8 Å². The van der Waals surface area contributed by atoms with Crippen molar-refractivity contribution in [2.24, 2.45) is 5.92 Å². The van der Waals surface area contributed by atoms with Crippen LogP contribution in [0.15, 0.2) is 18.2 Å². The van der Waals surface area contributed by atoms with E-state index < -0.39 is 6.04 Å². The summed E-state index contributed by atoms with van der Waals surface area (Å²) in [6.07, 6.45) is 1.84. The second-order valence-corrected chi connectivity index (χ2v) is 7.97. The molecule has 0 bridgehead atoms. The highest BCUT2D eigenvalue weighted by molar-refractivity contribution is 6.05. The van der Waals surface area contributed by atoms with Crippen LogP contribution in [0.3, 0.4) is 0 Å². The summed E-state index contributed by atoms with van der Waals surface area (Å²) in [5, 5.41) is 9.37. The first kappa shape index (κ1) is 18.1. The monoisotopic (exact) mass is 370 g/mol. The summed E-state index contributed by atoms with van der Waals surface area (Å²) in [6.45, 7) is 5.51. The molecule has 0 radical (unpaired) electrons. The standard InChI is InChI=1S/C20H26N4O3/c1-12-6-15(10-21-8-12)22-9-13-2-3-16-14(7-13)11-24(20(16)27)17-4-5-18(25)23-19(17)26/h2-3,7,12,15,17,21-22H,4-6,8-11H2,1H3,(H,23,25,26). The fraction of sp³-hybridized carbons (Fsp3) is 0.550. The number of benzene rings is 1. The van der Waals surface area contributed by atoms with Gasteiger partial charge >= 0.3 is 0 Å². The van der Waals surface area contributed by atoms with E-state index in [-0.39, 0.29) is 24.1 Å². The van der Waals surface area contributed by atoms with Crippen LogP contribution < -0.4 is 16.0 Å². The molecule has 4 rings (SSSR count). The number of carbonyl (C=O) groups excluding carboxylic acids is 3. The normalized spacial score (nSPS) is 28.3. The Hall–Kier alpha value is -2.25. The molecular formula is C20H26N4O3. The van der Waals surface area contributed by atoms with E-state index in [4.69, 9.17) is 0 Å². The summed E-state index contributed by atoms with van der Waals surface area (Å²) in [7, 11) is 0. The largest absolute Gasteiger partial charge is 0.322 e. The van der Waals surface area contributed by atoms with Crippen molar-refractivity contribution in [3.63, 3.8) is 0 Å². The zero-order chi connectivity index (χ0) is 19.0. The number of amides is 3. The SMILES string of the molecule is CC1CNCC(NCc2ccc3c(c2)CN(C2CCC(=O)NC2=O)C3=O)C1. The van der Waals surface area contributed by atoms with Crippen molar-refractivity contribution >= 4 is 17.7 Å². The molecule has 3 amide bonds. The van der Waals surface area contributed by atoms with Gasteiger partial charge in [-0.05, 0) is 42.5 Å². The Morgan fingerprint density at radius 1 is 1.22 bits per heavy atom. The van der Waals surface area contributed by atoms with Crippen LogP contribution in [0.1, 0.15) is 47.7 Å². The Morgan fingerprint density at radius 2 is 2.07 bits per heavy atom. The molecule has 0 spiro atoms. The maximum atomic E-state index is 12.7. The van der Waals surface area contributed by atoms with Crippen LogP contribution in [0.2, 0.25) is 0 Å². The Morgan fingerprint density at radius 3 is 2.85 bits per heavy atom. The van der Waals surface area contributed by atoms with E-state index >= 15 is 0 Å². The molecule has 1 aromatic rings. The predicted octanol–water partition coefficient (Wildman–Crippen LogP) is 0.535. The number of nitrogens with one attached hydrogen (secondary N) is 3. The molecule has 3 aliphatic rings. The zero-order valence-electron chi connectivity index (χ0n) is 15.6. The molecule has 144 valence electrons. The third-order valence-corrected chi connectivity index (χ3v) is 5.75. The van der Waals surface area contributed by atoms with Crippen molar-refractivity contribution < 1.29 is 14.4 Å². The third kappa shape index (κ3) is 3.75. The van der Waals surface area contributed by atoms with E-state index in [1.807, 2.05) is 12.1 Å². The maximum Gasteiger partial charge on any atom is 0.255 e. The smallest absolute Gasteiger partial charge is 0.255 e. The van der Waals surface area contributed by atoms with Gasteiger partial charge in [-0.1, -0.05) is 19.1 Å². The molecule has 0 aliphatic carbocycles. The lowest BCUT2D eigenvalue weighted by atomic mass is 9.97. The van der Waals surface area contributed by atoms with Crippen molar-refractivity contribution in [1.29, 1.82) is 0 Å². The Balaban J connectivity index is 1.41. The molecule has 0 aromatic heterocycles. The van der Waals surface area contributed by atoms with Gasteiger partial charge in [-0.3, -0.25) is 19.7 Å². The Kier molecular flexibility index (Phi) is 4.97. The van der Waals surface area contributed by atoms with Gasteiger partial charge in [0, 0.05) is 37.7 Å². The summed E-state index contributed by atoms with van der Waals surface area (Å²) >= 11 is 0. The van der Waals surface area contributed by atoms with E-state index in [2.05, 4.69) is 28.9 Å². The highest BCUT2D eigenvalue weighted by atomic mass is 16.2. The fourth-order valence-electron chi connectivity index (χ4n) is 4.31. The lowest BCUT2D eigenvalue weighted by molar-refractivity contribution is -0.136. The first-order chi connectivity index (χ1) is 13.0. The van der Waals surface area contributed by atoms with E-state index in [1.54, 1.807) is 4.90 Å². The molecule has 2 fully saturated rings. The van der Waals surface area contributed by atoms with Crippen LogP contribution in [0, 0.1) is 5.92 Å². The highest BCUT2D eigenvalue weighted by Crippen LogP contribution is 2.28. The van der Waals surface area contributed by atoms with Gasteiger partial charge in [0.05, 0.1) is 0 Å². The van der Waals surface area contributed by atoms with Crippen LogP contribution in [-0.4, -0.2) is 47.8 Å². The minimum absolute atomic E-state index is 0.121. The number of imide groups is 1. The maximum absolute atomic E-state index is 12.7. The van der Waals surface area contributed by atoms with E-state index in [1.165, 1.54) is 6.42 Å². The number of fused-ring (bicyclic) bond motifs is 1. The quantitative estimate of drug-likeness (QED) is 0.673. The number of piperidine rings is 2. The predicted molar refractivity (Wildman–Crippen MR) is 99.8 cm³/mol. The lowest BCUT2D eigenvalue weighted by Gasteiger charge is -2.29. The van der Waals surface area contributed by atoms with Crippen molar-refractivity contribution in [1.82, 2.24) is 20.9 Å². The van der Waals surface area contributed by atoms with E-state index in [0.717, 1.165) is 30.8 Å². The number of nitrogens with zero attached hydrogens (tertiary/aromatic N) is 1. The number of rotatable bonds is 4. The van der Waals surface area contributed by atoms with Crippen molar-refractivity contribution in [2.45, 2.75) is 51.4 Å². The highest BCUT2D eigenvalue weighted by Gasteiger charge is 2.39. The molecule has 7 nitrogen and oxygen atoms in total. The number of hydrogen-bond acceptors (Lipinski definition) is 5. The summed E-state index contributed by atoms with van der Waals surface area (Å²) in [5.41, 5.74) is 2.76. The first-order valence-corrected chi connectivity index (χ1v) is 9.72. The molecule has 3 atom stereocenters. The summed E-state index contributed by atoms with van der Waals surface area (Å²) in [6, 6.07) is 5.81. The second kappa shape index (κ2) is 7.40. The van der Waals surface area contributed by atoms with Gasteiger partial charge in [0.15, 0.2) is 0 Å². The second-order valence-electron chi connectivity index (χ2n) is 7.97. The molecule has 27 heavy (non-hydrogen) atoms. The van der Waals surface area contributed by atoms with Gasteiger partial charge in [0.25, 0.3) is 5.91 Å². The lowest BCUT2D eigenvalue weighted by Crippen LogP contribution is -2.52. The van der Waals surface area contributed by atoms with Gasteiger partial charge in [-0.25, -0.2) is 0 Å². The molecule has 3 aliphatic heterocycles. The summed E-state index contributed by atoms with van der Waals surface area (Å²) in [5.74, 6) is -0.0752. The van der Waals surface area contributed by atoms with Gasteiger partial charge in [-0.2, -0.15) is 0 Å². The van der Waals surface area contributed by atoms with Crippen LogP contribution in [0.4, 0.5) is 0 Å². The zero-order valence-corrected chi connectivity index (χ0v) is 15.6. The minimum Gasteiger partial charge on any atom is -0.322 e. The van der Waals surface area contributed by atoms with Gasteiger partial charge < -0.3 is 15.5 Å². The summed E-state index contributed by atoms with van der Waals surface area (Å²) < 4.78 is 0. The Bertz CT molecular complexity index is 778.